The molecule has 26 heavy (non-hydrogen) atoms. The molecular formula is C21H21N3O2. The van der Waals surface area contributed by atoms with Crippen LogP contribution in [0.1, 0.15) is 41.0 Å². The van der Waals surface area contributed by atoms with Crippen LogP contribution in [-0.2, 0) is 25.7 Å². The topological polar surface area (TPSA) is 61.0 Å². The van der Waals surface area contributed by atoms with Crippen molar-refractivity contribution in [3.05, 3.63) is 76.8 Å². The highest BCUT2D eigenvalue weighted by Crippen LogP contribution is 2.22. The molecule has 5 nitrogen and oxygen atoms in total. The molecule has 0 spiro atoms. The zero-order valence-electron chi connectivity index (χ0n) is 14.8. The molecule has 0 saturated heterocycles. The summed E-state index contributed by atoms with van der Waals surface area (Å²) in [6.07, 6.45) is 9.16. The SMILES string of the molecule is CCOc1nc(CCc2ccco2)nc(Cc2ccc3c(c2)CC=C3)n1. The number of hydrogen-bond donors (Lipinski definition) is 0. The molecule has 1 aliphatic carbocycles. The van der Waals surface area contributed by atoms with Crippen LogP contribution in [0.25, 0.3) is 6.08 Å². The summed E-state index contributed by atoms with van der Waals surface area (Å²) in [5.74, 6) is 2.40. The van der Waals surface area contributed by atoms with Crippen LogP contribution in [0.15, 0.2) is 47.1 Å². The molecule has 5 heteroatoms. The summed E-state index contributed by atoms with van der Waals surface area (Å²) >= 11 is 0. The summed E-state index contributed by atoms with van der Waals surface area (Å²) in [7, 11) is 0. The van der Waals surface area contributed by atoms with E-state index >= 15 is 0 Å². The standard InChI is InChI=1S/C21H21N3O2/c1-2-25-21-23-19(11-10-18-7-4-12-26-18)22-20(24-21)14-15-8-9-16-5-3-6-17(16)13-15/h3-5,7-9,12-13H,2,6,10-11,14H2,1H3. The first-order chi connectivity index (χ1) is 12.8. The predicted molar refractivity (Wildman–Crippen MR) is 99.1 cm³/mol. The monoisotopic (exact) mass is 347 g/mol. The Kier molecular flexibility index (Phi) is 4.78. The number of rotatable bonds is 7. The molecule has 0 fully saturated rings. The second-order valence-corrected chi connectivity index (χ2v) is 6.28. The van der Waals surface area contributed by atoms with Gasteiger partial charge in [-0.25, -0.2) is 4.98 Å². The average molecular weight is 347 g/mol. The van der Waals surface area contributed by atoms with Gasteiger partial charge in [0.25, 0.3) is 0 Å². The van der Waals surface area contributed by atoms with Crippen LogP contribution >= 0.6 is 0 Å². The second kappa shape index (κ2) is 7.52. The third-order valence-electron chi connectivity index (χ3n) is 4.36. The summed E-state index contributed by atoms with van der Waals surface area (Å²) in [6, 6.07) is 10.8. The fourth-order valence-corrected chi connectivity index (χ4v) is 3.12. The van der Waals surface area contributed by atoms with Crippen molar-refractivity contribution in [3.8, 4) is 6.01 Å². The molecule has 0 saturated carbocycles. The Balaban J connectivity index is 1.54. The number of furan rings is 1. The van der Waals surface area contributed by atoms with Gasteiger partial charge in [-0.3, -0.25) is 0 Å². The Hall–Kier alpha value is -2.95. The number of ether oxygens (including phenoxy) is 1. The number of benzene rings is 1. The molecule has 2 heterocycles. The smallest absolute Gasteiger partial charge is 0.319 e. The van der Waals surface area contributed by atoms with Crippen molar-refractivity contribution in [2.45, 2.75) is 32.6 Å². The predicted octanol–water partition coefficient (Wildman–Crippen LogP) is 3.81. The molecule has 0 bridgehead atoms. The first-order valence-corrected chi connectivity index (χ1v) is 8.97. The Morgan fingerprint density at radius 2 is 2.00 bits per heavy atom. The average Bonchev–Trinajstić information content (AvgIpc) is 3.31. The Labute approximate surface area is 152 Å². The minimum absolute atomic E-state index is 0.398. The van der Waals surface area contributed by atoms with Gasteiger partial charge in [0.15, 0.2) is 0 Å². The van der Waals surface area contributed by atoms with Crippen LogP contribution in [0.4, 0.5) is 0 Å². The van der Waals surface area contributed by atoms with E-state index in [4.69, 9.17) is 9.15 Å². The van der Waals surface area contributed by atoms with Gasteiger partial charge in [-0.1, -0.05) is 30.4 Å². The van der Waals surface area contributed by atoms with Crippen LogP contribution in [0.5, 0.6) is 6.01 Å². The number of nitrogens with zero attached hydrogens (tertiary/aromatic N) is 3. The minimum atomic E-state index is 0.398. The zero-order valence-corrected chi connectivity index (χ0v) is 14.8. The number of aromatic nitrogens is 3. The van der Waals surface area contributed by atoms with Gasteiger partial charge in [0, 0.05) is 19.3 Å². The fraction of sp³-hybridized carbons (Fsp3) is 0.286. The van der Waals surface area contributed by atoms with Crippen molar-refractivity contribution in [1.82, 2.24) is 15.0 Å². The summed E-state index contributed by atoms with van der Waals surface area (Å²) in [5, 5.41) is 0. The third kappa shape index (κ3) is 3.82. The van der Waals surface area contributed by atoms with E-state index in [0.717, 1.165) is 30.3 Å². The van der Waals surface area contributed by atoms with Crippen LogP contribution < -0.4 is 4.74 Å². The van der Waals surface area contributed by atoms with Crippen molar-refractivity contribution in [3.63, 3.8) is 0 Å². The van der Waals surface area contributed by atoms with Gasteiger partial charge in [0.2, 0.25) is 0 Å². The van der Waals surface area contributed by atoms with Crippen LogP contribution in [0, 0.1) is 0 Å². The summed E-state index contributed by atoms with van der Waals surface area (Å²) in [6.45, 7) is 2.46. The number of allylic oxidation sites excluding steroid dienone is 1. The lowest BCUT2D eigenvalue weighted by Gasteiger charge is -2.08. The quantitative estimate of drug-likeness (QED) is 0.650. The van der Waals surface area contributed by atoms with E-state index in [1.807, 2.05) is 19.1 Å². The lowest BCUT2D eigenvalue weighted by Crippen LogP contribution is -2.09. The van der Waals surface area contributed by atoms with E-state index < -0.39 is 0 Å². The van der Waals surface area contributed by atoms with Crippen LogP contribution in [0.3, 0.4) is 0 Å². The zero-order chi connectivity index (χ0) is 17.8. The molecule has 0 radical (unpaired) electrons. The lowest BCUT2D eigenvalue weighted by atomic mass is 10.0. The van der Waals surface area contributed by atoms with E-state index in [0.29, 0.717) is 25.5 Å². The Morgan fingerprint density at radius 1 is 1.08 bits per heavy atom. The summed E-state index contributed by atoms with van der Waals surface area (Å²) < 4.78 is 10.9. The maximum Gasteiger partial charge on any atom is 0.319 e. The van der Waals surface area contributed by atoms with Gasteiger partial charge >= 0.3 is 6.01 Å². The van der Waals surface area contributed by atoms with E-state index in [2.05, 4.69) is 45.3 Å². The van der Waals surface area contributed by atoms with Crippen molar-refractivity contribution in [2.24, 2.45) is 0 Å². The molecule has 132 valence electrons. The molecular weight excluding hydrogens is 326 g/mol. The van der Waals surface area contributed by atoms with E-state index in [9.17, 15) is 0 Å². The largest absolute Gasteiger partial charge is 0.469 e. The van der Waals surface area contributed by atoms with E-state index in [1.54, 1.807) is 6.26 Å². The molecule has 3 aromatic rings. The highest BCUT2D eigenvalue weighted by molar-refractivity contribution is 5.60. The summed E-state index contributed by atoms with van der Waals surface area (Å²) in [4.78, 5) is 13.5. The van der Waals surface area contributed by atoms with Crippen molar-refractivity contribution in [1.29, 1.82) is 0 Å². The van der Waals surface area contributed by atoms with Crippen molar-refractivity contribution >= 4 is 6.08 Å². The Morgan fingerprint density at radius 3 is 2.85 bits per heavy atom. The summed E-state index contributed by atoms with van der Waals surface area (Å²) in [5.41, 5.74) is 3.87. The Bertz CT molecular complexity index is 917. The fourth-order valence-electron chi connectivity index (χ4n) is 3.12. The van der Waals surface area contributed by atoms with Gasteiger partial charge in [-0.2, -0.15) is 9.97 Å². The number of aryl methyl sites for hydroxylation is 2. The van der Waals surface area contributed by atoms with Gasteiger partial charge in [-0.15, -0.1) is 0 Å². The highest BCUT2D eigenvalue weighted by atomic mass is 16.5. The molecule has 0 unspecified atom stereocenters. The normalized spacial score (nSPS) is 12.3. The molecule has 2 aromatic heterocycles. The van der Waals surface area contributed by atoms with Crippen LogP contribution in [-0.4, -0.2) is 21.6 Å². The number of fused-ring (bicyclic) bond motifs is 1. The maximum absolute atomic E-state index is 5.54. The molecule has 0 amide bonds. The van der Waals surface area contributed by atoms with Gasteiger partial charge in [0.1, 0.15) is 17.4 Å². The molecule has 0 N–H and O–H groups in total. The van der Waals surface area contributed by atoms with Crippen LogP contribution in [0.2, 0.25) is 0 Å². The van der Waals surface area contributed by atoms with Crippen molar-refractivity contribution in [2.75, 3.05) is 6.61 Å². The molecule has 4 rings (SSSR count). The first-order valence-electron chi connectivity index (χ1n) is 8.97. The van der Waals surface area contributed by atoms with E-state index in [-0.39, 0.29) is 0 Å². The van der Waals surface area contributed by atoms with Gasteiger partial charge in [-0.05, 0) is 42.2 Å². The molecule has 0 atom stereocenters. The minimum Gasteiger partial charge on any atom is -0.469 e. The van der Waals surface area contributed by atoms with Gasteiger partial charge < -0.3 is 9.15 Å². The molecule has 1 aromatic carbocycles. The molecule has 0 aliphatic heterocycles. The highest BCUT2D eigenvalue weighted by Gasteiger charge is 2.11. The van der Waals surface area contributed by atoms with Crippen molar-refractivity contribution < 1.29 is 9.15 Å². The second-order valence-electron chi connectivity index (χ2n) is 6.28. The van der Waals surface area contributed by atoms with E-state index in [1.165, 1.54) is 16.7 Å². The maximum atomic E-state index is 5.54. The van der Waals surface area contributed by atoms with Gasteiger partial charge in [0.05, 0.1) is 12.9 Å². The molecule has 1 aliphatic rings. The first kappa shape index (κ1) is 16.5. The third-order valence-corrected chi connectivity index (χ3v) is 4.36. The lowest BCUT2D eigenvalue weighted by molar-refractivity contribution is 0.308. The number of hydrogen-bond acceptors (Lipinski definition) is 5.